The maximum absolute atomic E-state index is 13.7. The van der Waals surface area contributed by atoms with Crippen molar-refractivity contribution in [2.45, 2.75) is 17.9 Å². The summed E-state index contributed by atoms with van der Waals surface area (Å²) in [6, 6.07) is 31.6. The number of nitrogens with zero attached hydrogens (tertiary/aromatic N) is 2. The third kappa shape index (κ3) is 4.75. The van der Waals surface area contributed by atoms with E-state index in [0.29, 0.717) is 24.0 Å². The van der Waals surface area contributed by atoms with Crippen LogP contribution in [0.1, 0.15) is 29.0 Å². The Balaban J connectivity index is 1.87. The summed E-state index contributed by atoms with van der Waals surface area (Å²) in [5, 5.41) is 29.5. The molecule has 0 bridgehead atoms. The summed E-state index contributed by atoms with van der Waals surface area (Å²) in [5.41, 5.74) is 1.48. The molecule has 5 nitrogen and oxygen atoms in total. The van der Waals surface area contributed by atoms with Gasteiger partial charge >= 0.3 is 5.88 Å². The highest BCUT2D eigenvalue weighted by atomic mass is 79.9. The molecule has 5 aromatic rings. The summed E-state index contributed by atoms with van der Waals surface area (Å²) in [7, 11) is 5.51. The minimum atomic E-state index is -1.37. The molecule has 38 heavy (non-hydrogen) atoms. The summed E-state index contributed by atoms with van der Waals surface area (Å²) in [5.74, 6) is -0.412. The lowest BCUT2D eigenvalue weighted by molar-refractivity contribution is -0.585. The molecule has 0 amide bonds. The molecular formula is C32H31BrN2O3. The first kappa shape index (κ1) is 26.2. The zero-order valence-electron chi connectivity index (χ0n) is 21.8. The lowest BCUT2D eigenvalue weighted by Crippen LogP contribution is -2.40. The highest BCUT2D eigenvalue weighted by molar-refractivity contribution is 9.10. The molecule has 0 aliphatic heterocycles. The molecule has 0 saturated heterocycles. The van der Waals surface area contributed by atoms with Gasteiger partial charge in [-0.25, -0.2) is 0 Å². The van der Waals surface area contributed by atoms with Crippen molar-refractivity contribution >= 4 is 37.6 Å². The molecule has 1 heterocycles. The van der Waals surface area contributed by atoms with E-state index in [-0.39, 0.29) is 5.88 Å². The minimum absolute atomic E-state index is 0.178. The molecule has 0 aliphatic rings. The van der Waals surface area contributed by atoms with E-state index in [0.717, 1.165) is 36.5 Å². The van der Waals surface area contributed by atoms with E-state index in [9.17, 15) is 10.3 Å². The van der Waals surface area contributed by atoms with Crippen LogP contribution in [0.5, 0.6) is 5.88 Å². The lowest BCUT2D eigenvalue weighted by atomic mass is 9.70. The number of fused-ring (bicyclic) bond motifs is 2. The number of rotatable bonds is 8. The molecule has 0 spiro atoms. The molecule has 0 saturated carbocycles. The average Bonchev–Trinajstić information content (AvgIpc) is 2.92. The van der Waals surface area contributed by atoms with Gasteiger partial charge in [0.05, 0.1) is 18.6 Å². The summed E-state index contributed by atoms with van der Waals surface area (Å²) in [6.45, 7) is 0.641. The Morgan fingerprint density at radius 2 is 1.63 bits per heavy atom. The topological polar surface area (TPSA) is 59.6 Å². The van der Waals surface area contributed by atoms with Gasteiger partial charge < -0.3 is 20.0 Å². The molecule has 5 rings (SSSR count). The van der Waals surface area contributed by atoms with Crippen molar-refractivity contribution in [2.24, 2.45) is 0 Å². The number of methoxy groups -OCH3 is 1. The molecule has 0 aliphatic carbocycles. The van der Waals surface area contributed by atoms with Gasteiger partial charge in [-0.1, -0.05) is 88.7 Å². The van der Waals surface area contributed by atoms with Gasteiger partial charge in [-0.2, -0.15) is 0 Å². The summed E-state index contributed by atoms with van der Waals surface area (Å²) in [4.78, 5) is 2.07. The Morgan fingerprint density at radius 1 is 0.921 bits per heavy atom. The molecule has 1 N–H and O–H groups in total. The number of benzene rings is 4. The number of hydrogen-bond donors (Lipinski definition) is 1. The molecule has 2 atom stereocenters. The van der Waals surface area contributed by atoms with Crippen LogP contribution in [0.2, 0.25) is 0 Å². The second kappa shape index (κ2) is 10.7. The van der Waals surface area contributed by atoms with Crippen LogP contribution in [-0.4, -0.2) is 37.8 Å². The third-order valence-electron chi connectivity index (χ3n) is 7.26. The normalized spacial score (nSPS) is 14.1. The molecule has 0 unspecified atom stereocenters. The van der Waals surface area contributed by atoms with E-state index in [1.165, 1.54) is 7.11 Å². The van der Waals surface area contributed by atoms with Crippen molar-refractivity contribution in [3.63, 3.8) is 0 Å². The van der Waals surface area contributed by atoms with Crippen LogP contribution in [0.4, 0.5) is 0 Å². The maximum Gasteiger partial charge on any atom is 0.383 e. The smallest absolute Gasteiger partial charge is 0.383 e. The van der Waals surface area contributed by atoms with Crippen molar-refractivity contribution in [2.75, 3.05) is 27.7 Å². The number of ether oxygens (including phenoxy) is 1. The van der Waals surface area contributed by atoms with Crippen LogP contribution >= 0.6 is 15.9 Å². The fourth-order valence-corrected chi connectivity index (χ4v) is 5.86. The molecule has 194 valence electrons. The third-order valence-corrected chi connectivity index (χ3v) is 7.76. The predicted molar refractivity (Wildman–Crippen MR) is 156 cm³/mol. The Kier molecular flexibility index (Phi) is 7.39. The van der Waals surface area contributed by atoms with Crippen LogP contribution in [0.25, 0.3) is 21.7 Å². The first-order chi connectivity index (χ1) is 18.3. The maximum atomic E-state index is 13.7. The van der Waals surface area contributed by atoms with Gasteiger partial charge in [0.15, 0.2) is 0 Å². The number of pyridine rings is 1. The number of halogens is 1. The van der Waals surface area contributed by atoms with Crippen LogP contribution in [0.15, 0.2) is 102 Å². The van der Waals surface area contributed by atoms with Crippen molar-refractivity contribution in [1.29, 1.82) is 0 Å². The van der Waals surface area contributed by atoms with Crippen molar-refractivity contribution < 1.29 is 14.6 Å². The van der Waals surface area contributed by atoms with Crippen LogP contribution in [0, 0.1) is 5.21 Å². The SMILES string of the molecule is COc1c([C@@H](c2ccccc2)[C@@](O)(CCN(C)C)c2cccc3ccccc23)cc2cc(Br)ccc2[n+]1[O-]. The second-order valence-electron chi connectivity index (χ2n) is 9.95. The fourth-order valence-electron chi connectivity index (χ4n) is 5.48. The number of hydrogen-bond acceptors (Lipinski definition) is 4. The highest BCUT2D eigenvalue weighted by Crippen LogP contribution is 2.48. The number of aliphatic hydroxyl groups is 1. The molecule has 0 radical (unpaired) electrons. The molecule has 4 aromatic carbocycles. The highest BCUT2D eigenvalue weighted by Gasteiger charge is 2.44. The summed E-state index contributed by atoms with van der Waals surface area (Å²) >= 11 is 3.55. The van der Waals surface area contributed by atoms with E-state index < -0.39 is 11.5 Å². The first-order valence-corrected chi connectivity index (χ1v) is 13.4. The predicted octanol–water partition coefficient (Wildman–Crippen LogP) is 6.37. The average molecular weight is 572 g/mol. The molecule has 1 aromatic heterocycles. The monoisotopic (exact) mass is 570 g/mol. The van der Waals surface area contributed by atoms with Crippen LogP contribution in [0.3, 0.4) is 0 Å². The fraction of sp³-hybridized carbons (Fsp3) is 0.219. The van der Waals surface area contributed by atoms with E-state index >= 15 is 0 Å². The Bertz CT molecular complexity index is 1580. The number of aromatic nitrogens is 1. The zero-order valence-corrected chi connectivity index (χ0v) is 23.4. The zero-order chi connectivity index (χ0) is 26.9. The summed E-state index contributed by atoms with van der Waals surface area (Å²) < 4.78 is 7.48. The van der Waals surface area contributed by atoms with Gasteiger partial charge in [0.1, 0.15) is 5.60 Å². The summed E-state index contributed by atoms with van der Waals surface area (Å²) in [6.07, 6.45) is 0.437. The largest absolute Gasteiger partial charge is 0.616 e. The Morgan fingerprint density at radius 3 is 2.37 bits per heavy atom. The van der Waals surface area contributed by atoms with Crippen molar-refractivity contribution in [3.05, 3.63) is 123 Å². The van der Waals surface area contributed by atoms with E-state index in [2.05, 4.69) is 39.0 Å². The van der Waals surface area contributed by atoms with E-state index in [1.807, 2.05) is 86.9 Å². The Hall–Kier alpha value is -3.45. The molecule has 0 fully saturated rings. The first-order valence-electron chi connectivity index (χ1n) is 12.6. The second-order valence-corrected chi connectivity index (χ2v) is 10.9. The lowest BCUT2D eigenvalue weighted by Gasteiger charge is -2.39. The minimum Gasteiger partial charge on any atom is -0.616 e. The molecule has 6 heteroatoms. The van der Waals surface area contributed by atoms with Gasteiger partial charge in [-0.15, -0.1) is 4.73 Å². The van der Waals surface area contributed by atoms with Crippen molar-refractivity contribution in [3.8, 4) is 5.88 Å². The molecular weight excluding hydrogens is 540 g/mol. The van der Waals surface area contributed by atoms with Gasteiger partial charge in [-0.3, -0.25) is 0 Å². The quantitative estimate of drug-likeness (QED) is 0.174. The van der Waals surface area contributed by atoms with Crippen LogP contribution < -0.4 is 9.47 Å². The van der Waals surface area contributed by atoms with Gasteiger partial charge in [0.2, 0.25) is 5.52 Å². The van der Waals surface area contributed by atoms with Crippen molar-refractivity contribution in [1.82, 2.24) is 4.90 Å². The van der Waals surface area contributed by atoms with E-state index in [4.69, 9.17) is 4.74 Å². The Labute approximate surface area is 231 Å². The standard InChI is InChI=1S/C32H31BrN2O3/c1-34(2)19-18-32(36,28-15-9-13-22-10-7-8-14-26(22)28)30(23-11-5-4-6-12-23)27-21-24-20-25(33)16-17-29(24)35(37)31(27)38-3/h4-17,20-21,30,36H,18-19H2,1-3H3/t30-,32-/m1/s1. The van der Waals surface area contributed by atoms with Gasteiger partial charge in [-0.05, 0) is 60.6 Å². The van der Waals surface area contributed by atoms with Crippen LogP contribution in [-0.2, 0) is 5.60 Å². The van der Waals surface area contributed by atoms with Gasteiger partial charge in [0, 0.05) is 22.5 Å². The van der Waals surface area contributed by atoms with E-state index in [1.54, 1.807) is 6.07 Å². The van der Waals surface area contributed by atoms with Gasteiger partial charge in [0.25, 0.3) is 0 Å².